The van der Waals surface area contributed by atoms with Crippen LogP contribution in [0.5, 0.6) is 0 Å². The van der Waals surface area contributed by atoms with Crippen LogP contribution >= 0.6 is 0 Å². The van der Waals surface area contributed by atoms with Crippen LogP contribution in [0.3, 0.4) is 0 Å². The van der Waals surface area contributed by atoms with Crippen molar-refractivity contribution in [3.8, 4) is 0 Å². The number of nitrogens with two attached hydrogens (primary N) is 2. The van der Waals surface area contributed by atoms with Gasteiger partial charge in [0.05, 0.1) is 12.1 Å². The molecule has 4 nitrogen and oxygen atoms in total. The molecule has 5 N–H and O–H groups in total. The fourth-order valence-electron chi connectivity index (χ4n) is 0.622. The van der Waals surface area contributed by atoms with Gasteiger partial charge in [0.1, 0.15) is 0 Å². The van der Waals surface area contributed by atoms with E-state index >= 15 is 0 Å². The molecule has 0 bridgehead atoms. The second kappa shape index (κ2) is 3.34. The van der Waals surface area contributed by atoms with E-state index in [-0.39, 0.29) is 6.42 Å². The molecule has 0 spiro atoms. The SMILES string of the molecule is C=CCC(N)(N)CC(=O)O. The molecule has 0 unspecified atom stereocenters. The Morgan fingerprint density at radius 3 is 2.50 bits per heavy atom. The number of hydrogen-bond acceptors (Lipinski definition) is 3. The van der Waals surface area contributed by atoms with E-state index < -0.39 is 11.6 Å². The quantitative estimate of drug-likeness (QED) is 0.371. The first kappa shape index (κ1) is 9.13. The molecule has 0 aliphatic carbocycles. The van der Waals surface area contributed by atoms with Crippen LogP contribution in [0.4, 0.5) is 0 Å². The lowest BCUT2D eigenvalue weighted by Gasteiger charge is -2.19. The zero-order valence-corrected chi connectivity index (χ0v) is 5.71. The Kier molecular flexibility index (Phi) is 3.05. The molecule has 0 atom stereocenters. The third-order valence-electron chi connectivity index (χ3n) is 1.00. The van der Waals surface area contributed by atoms with E-state index in [9.17, 15) is 4.79 Å². The van der Waals surface area contributed by atoms with Crippen molar-refractivity contribution in [2.45, 2.75) is 18.5 Å². The van der Waals surface area contributed by atoms with E-state index in [0.717, 1.165) is 0 Å². The van der Waals surface area contributed by atoms with Gasteiger partial charge < -0.3 is 16.6 Å². The third kappa shape index (κ3) is 4.05. The topological polar surface area (TPSA) is 89.3 Å². The highest BCUT2D eigenvalue weighted by Crippen LogP contribution is 2.03. The lowest BCUT2D eigenvalue weighted by atomic mass is 10.1. The van der Waals surface area contributed by atoms with Crippen LogP contribution in [0.25, 0.3) is 0 Å². The molecule has 0 aromatic rings. The van der Waals surface area contributed by atoms with Gasteiger partial charge in [0, 0.05) is 0 Å². The van der Waals surface area contributed by atoms with Crippen LogP contribution in [0.1, 0.15) is 12.8 Å². The van der Waals surface area contributed by atoms with Crippen LogP contribution in [-0.2, 0) is 4.79 Å². The van der Waals surface area contributed by atoms with Gasteiger partial charge in [0.15, 0.2) is 0 Å². The van der Waals surface area contributed by atoms with Crippen molar-refractivity contribution in [3.05, 3.63) is 12.7 Å². The van der Waals surface area contributed by atoms with Crippen molar-refractivity contribution < 1.29 is 9.90 Å². The van der Waals surface area contributed by atoms with Gasteiger partial charge in [-0.2, -0.15) is 0 Å². The fraction of sp³-hybridized carbons (Fsp3) is 0.500. The molecule has 0 rings (SSSR count). The van der Waals surface area contributed by atoms with Crippen LogP contribution in [0, 0.1) is 0 Å². The number of aliphatic carboxylic acids is 1. The summed E-state index contributed by atoms with van der Waals surface area (Å²) in [6.45, 7) is 3.40. The van der Waals surface area contributed by atoms with Gasteiger partial charge in [0.2, 0.25) is 0 Å². The maximum absolute atomic E-state index is 10.1. The number of carboxylic acid groups (broad SMARTS) is 1. The van der Waals surface area contributed by atoms with E-state index in [1.54, 1.807) is 0 Å². The zero-order valence-electron chi connectivity index (χ0n) is 5.71. The van der Waals surface area contributed by atoms with Gasteiger partial charge in [-0.05, 0) is 6.42 Å². The normalized spacial score (nSPS) is 11.0. The molecule has 0 heterocycles. The average molecular weight is 144 g/mol. The summed E-state index contributed by atoms with van der Waals surface area (Å²) in [5.74, 6) is -0.994. The molecule has 0 saturated carbocycles. The van der Waals surface area contributed by atoms with Crippen LogP contribution in [0.2, 0.25) is 0 Å². The van der Waals surface area contributed by atoms with Gasteiger partial charge in [0.25, 0.3) is 0 Å². The number of rotatable bonds is 4. The molecule has 4 heteroatoms. The highest BCUT2D eigenvalue weighted by molar-refractivity contribution is 5.68. The summed E-state index contributed by atoms with van der Waals surface area (Å²) in [6, 6.07) is 0. The maximum atomic E-state index is 10.1. The molecule has 10 heavy (non-hydrogen) atoms. The second-order valence-corrected chi connectivity index (χ2v) is 2.30. The lowest BCUT2D eigenvalue weighted by molar-refractivity contribution is -0.138. The Bertz CT molecular complexity index is 143. The van der Waals surface area contributed by atoms with E-state index in [2.05, 4.69) is 6.58 Å². The standard InChI is InChI=1S/C6H12N2O2/c1-2-3-6(7,8)4-5(9)10/h2H,1,3-4,7-8H2,(H,9,10). The number of carbonyl (C=O) groups is 1. The van der Waals surface area contributed by atoms with Crippen molar-refractivity contribution in [1.82, 2.24) is 0 Å². The Morgan fingerprint density at radius 2 is 2.20 bits per heavy atom. The monoisotopic (exact) mass is 144 g/mol. The molecule has 0 amide bonds. The highest BCUT2D eigenvalue weighted by atomic mass is 16.4. The molecule has 0 aliphatic rings. The zero-order chi connectivity index (χ0) is 8.20. The number of carboxylic acids is 1. The summed E-state index contributed by atoms with van der Waals surface area (Å²) in [4.78, 5) is 10.1. The predicted molar refractivity (Wildman–Crippen MR) is 38.2 cm³/mol. The summed E-state index contributed by atoms with van der Waals surface area (Å²) in [5.41, 5.74) is 9.56. The van der Waals surface area contributed by atoms with E-state index in [1.807, 2.05) is 0 Å². The van der Waals surface area contributed by atoms with Crippen molar-refractivity contribution in [2.75, 3.05) is 0 Å². The molecular weight excluding hydrogens is 132 g/mol. The largest absolute Gasteiger partial charge is 0.481 e. The Balaban J connectivity index is 3.85. The van der Waals surface area contributed by atoms with Crippen molar-refractivity contribution in [3.63, 3.8) is 0 Å². The molecule has 0 fully saturated rings. The second-order valence-electron chi connectivity index (χ2n) is 2.30. The fourth-order valence-corrected chi connectivity index (χ4v) is 0.622. The van der Waals surface area contributed by atoms with Crippen LogP contribution < -0.4 is 11.5 Å². The Hall–Kier alpha value is -0.870. The minimum atomic E-state index is -1.15. The van der Waals surface area contributed by atoms with Gasteiger partial charge >= 0.3 is 5.97 Å². The van der Waals surface area contributed by atoms with Gasteiger partial charge in [-0.1, -0.05) is 6.08 Å². The molecule has 0 radical (unpaired) electrons. The molecule has 58 valence electrons. The summed E-state index contributed by atoms with van der Waals surface area (Å²) in [5, 5.41) is 8.28. The number of hydrogen-bond donors (Lipinski definition) is 3. The van der Waals surface area contributed by atoms with E-state index in [1.165, 1.54) is 6.08 Å². The van der Waals surface area contributed by atoms with E-state index in [0.29, 0.717) is 6.42 Å². The predicted octanol–water partition coefficient (Wildman–Crippen LogP) is -0.349. The van der Waals surface area contributed by atoms with Gasteiger partial charge in [-0.3, -0.25) is 4.79 Å². The van der Waals surface area contributed by atoms with Gasteiger partial charge in [-0.15, -0.1) is 6.58 Å². The van der Waals surface area contributed by atoms with Crippen LogP contribution in [-0.4, -0.2) is 16.7 Å². The minimum Gasteiger partial charge on any atom is -0.481 e. The summed E-state index contributed by atoms with van der Waals surface area (Å²) in [6.07, 6.45) is 1.57. The van der Waals surface area contributed by atoms with Crippen LogP contribution in [0.15, 0.2) is 12.7 Å². The first-order valence-electron chi connectivity index (χ1n) is 2.88. The molecule has 0 saturated heterocycles. The molecule has 0 aromatic carbocycles. The molecule has 0 aliphatic heterocycles. The Labute approximate surface area is 59.5 Å². The minimum absolute atomic E-state index is 0.237. The smallest absolute Gasteiger partial charge is 0.306 e. The van der Waals surface area contributed by atoms with Crippen molar-refractivity contribution in [2.24, 2.45) is 11.5 Å². The summed E-state index contributed by atoms with van der Waals surface area (Å²) in [7, 11) is 0. The summed E-state index contributed by atoms with van der Waals surface area (Å²) < 4.78 is 0. The Morgan fingerprint density at radius 1 is 1.70 bits per heavy atom. The van der Waals surface area contributed by atoms with E-state index in [4.69, 9.17) is 16.6 Å². The molecule has 0 aromatic heterocycles. The summed E-state index contributed by atoms with van der Waals surface area (Å²) >= 11 is 0. The first-order valence-corrected chi connectivity index (χ1v) is 2.88. The van der Waals surface area contributed by atoms with Crippen molar-refractivity contribution in [1.29, 1.82) is 0 Å². The highest BCUT2D eigenvalue weighted by Gasteiger charge is 2.20. The maximum Gasteiger partial charge on any atom is 0.306 e. The lowest BCUT2D eigenvalue weighted by Crippen LogP contribution is -2.50. The molecular formula is C6H12N2O2. The third-order valence-corrected chi connectivity index (χ3v) is 1.00. The van der Waals surface area contributed by atoms with Gasteiger partial charge in [-0.25, -0.2) is 0 Å². The average Bonchev–Trinajstić information content (AvgIpc) is 1.59. The first-order chi connectivity index (χ1) is 4.48. The van der Waals surface area contributed by atoms with Crippen molar-refractivity contribution >= 4 is 5.97 Å².